The first kappa shape index (κ1) is 21.5. The zero-order valence-electron chi connectivity index (χ0n) is 18.9. The Bertz CT molecular complexity index is 1470. The van der Waals surface area contributed by atoms with Crippen molar-refractivity contribution in [3.63, 3.8) is 0 Å². The molecule has 3 heterocycles. The van der Waals surface area contributed by atoms with E-state index in [2.05, 4.69) is 5.32 Å². The zero-order chi connectivity index (χ0) is 24.5. The molecule has 9 heteroatoms. The average Bonchev–Trinajstić information content (AvgIpc) is 3.47. The van der Waals surface area contributed by atoms with Gasteiger partial charge in [-0.05, 0) is 48.2 Å². The summed E-state index contributed by atoms with van der Waals surface area (Å²) in [6.07, 6.45) is 1.82. The summed E-state index contributed by atoms with van der Waals surface area (Å²) in [4.78, 5) is 52.4. The lowest BCUT2D eigenvalue weighted by molar-refractivity contribution is -0.127. The highest BCUT2D eigenvalue weighted by atomic mass is 19.1. The van der Waals surface area contributed by atoms with Gasteiger partial charge in [-0.15, -0.1) is 0 Å². The van der Waals surface area contributed by atoms with Crippen LogP contribution in [0.2, 0.25) is 0 Å². The lowest BCUT2D eigenvalue weighted by atomic mass is 9.82. The topological polar surface area (TPSA) is 106 Å². The van der Waals surface area contributed by atoms with Crippen molar-refractivity contribution in [3.05, 3.63) is 64.2 Å². The predicted molar refractivity (Wildman–Crippen MR) is 121 cm³/mol. The highest BCUT2D eigenvalue weighted by molar-refractivity contribution is 6.10. The average molecular weight is 476 g/mol. The lowest BCUT2D eigenvalue weighted by Gasteiger charge is -2.28. The van der Waals surface area contributed by atoms with Gasteiger partial charge in [0.05, 0.1) is 19.1 Å². The second kappa shape index (κ2) is 7.49. The van der Waals surface area contributed by atoms with Gasteiger partial charge in [0.25, 0.3) is 5.91 Å². The Kier molecular flexibility index (Phi) is 4.61. The quantitative estimate of drug-likeness (QED) is 0.581. The summed E-state index contributed by atoms with van der Waals surface area (Å²) in [5.41, 5.74) is 0.882. The first-order chi connectivity index (χ1) is 16.8. The summed E-state index contributed by atoms with van der Waals surface area (Å²) < 4.78 is 25.9. The van der Waals surface area contributed by atoms with Crippen molar-refractivity contribution in [1.29, 1.82) is 0 Å². The molecule has 8 nitrogen and oxygen atoms in total. The smallest absolute Gasteiger partial charge is 0.257 e. The molecule has 3 aromatic rings. The van der Waals surface area contributed by atoms with Crippen LogP contribution in [0, 0.1) is 5.82 Å². The molecule has 2 aliphatic heterocycles. The molecule has 1 fully saturated rings. The normalized spacial score (nSPS) is 21.5. The number of halogens is 1. The third-order valence-corrected chi connectivity index (χ3v) is 7.25. The second-order valence-corrected chi connectivity index (χ2v) is 9.35. The van der Waals surface area contributed by atoms with Gasteiger partial charge in [-0.2, -0.15) is 0 Å². The van der Waals surface area contributed by atoms with Crippen LogP contribution in [0.25, 0.3) is 11.0 Å². The van der Waals surface area contributed by atoms with Gasteiger partial charge in [0.15, 0.2) is 17.3 Å². The molecule has 0 bridgehead atoms. The van der Waals surface area contributed by atoms with E-state index in [1.54, 1.807) is 18.2 Å². The van der Waals surface area contributed by atoms with Crippen LogP contribution in [-0.4, -0.2) is 42.1 Å². The molecule has 0 unspecified atom stereocenters. The molecule has 178 valence electrons. The Morgan fingerprint density at radius 3 is 2.69 bits per heavy atom. The van der Waals surface area contributed by atoms with E-state index >= 15 is 0 Å². The number of fused-ring (bicyclic) bond motifs is 3. The van der Waals surface area contributed by atoms with Gasteiger partial charge in [0.1, 0.15) is 16.8 Å². The van der Waals surface area contributed by atoms with E-state index in [-0.39, 0.29) is 42.4 Å². The highest BCUT2D eigenvalue weighted by Gasteiger charge is 2.53. The fraction of sp³-hybridized carbons (Fsp3) is 0.308. The number of nitrogens with zero attached hydrogens (tertiary/aromatic N) is 1. The minimum atomic E-state index is -1.47. The van der Waals surface area contributed by atoms with Crippen molar-refractivity contribution in [2.75, 3.05) is 13.7 Å². The van der Waals surface area contributed by atoms with Crippen LogP contribution in [0.15, 0.2) is 34.7 Å². The summed E-state index contributed by atoms with van der Waals surface area (Å²) in [5, 5.41) is 3.04. The van der Waals surface area contributed by atoms with Gasteiger partial charge >= 0.3 is 0 Å². The summed E-state index contributed by atoms with van der Waals surface area (Å²) in [5.74, 6) is -2.16. The number of imide groups is 1. The van der Waals surface area contributed by atoms with E-state index in [4.69, 9.17) is 9.15 Å². The minimum Gasteiger partial charge on any atom is -0.494 e. The van der Waals surface area contributed by atoms with Gasteiger partial charge in [0.2, 0.25) is 11.8 Å². The molecule has 0 radical (unpaired) electrons. The van der Waals surface area contributed by atoms with E-state index in [0.29, 0.717) is 28.5 Å². The van der Waals surface area contributed by atoms with Crippen LogP contribution in [0.1, 0.15) is 56.9 Å². The van der Waals surface area contributed by atoms with Crippen molar-refractivity contribution in [2.45, 2.75) is 37.6 Å². The van der Waals surface area contributed by atoms with Crippen molar-refractivity contribution >= 4 is 34.5 Å². The minimum absolute atomic E-state index is 0.0433. The Hall–Kier alpha value is -4.01. The number of carbonyl (C=O) groups excluding carboxylic acids is 4. The number of methoxy groups -OCH3 is 1. The van der Waals surface area contributed by atoms with Crippen LogP contribution in [0.5, 0.6) is 5.75 Å². The first-order valence-corrected chi connectivity index (χ1v) is 11.4. The Morgan fingerprint density at radius 2 is 1.94 bits per heavy atom. The van der Waals surface area contributed by atoms with Crippen molar-refractivity contribution in [1.82, 2.24) is 10.2 Å². The van der Waals surface area contributed by atoms with Gasteiger partial charge in [-0.25, -0.2) is 4.39 Å². The number of hydrogen-bond acceptors (Lipinski definition) is 6. The van der Waals surface area contributed by atoms with E-state index in [0.717, 1.165) is 18.4 Å². The fourth-order valence-electron chi connectivity index (χ4n) is 5.47. The van der Waals surface area contributed by atoms with E-state index in [9.17, 15) is 23.6 Å². The summed E-state index contributed by atoms with van der Waals surface area (Å²) in [6.45, 7) is -0.0837. The number of benzene rings is 2. The zero-order valence-corrected chi connectivity index (χ0v) is 18.9. The molecule has 1 saturated heterocycles. The SMILES string of the molecule is COc1ccc2c(c1F)C(=O)N(C[C@@]1(c3cc4cc5c(cc4o3)C(=O)CCC5)CC(=O)NC1=O)C2. The molecule has 0 spiro atoms. The Morgan fingerprint density at radius 1 is 1.11 bits per heavy atom. The van der Waals surface area contributed by atoms with Crippen LogP contribution >= 0.6 is 0 Å². The third-order valence-electron chi connectivity index (χ3n) is 7.25. The van der Waals surface area contributed by atoms with E-state index in [1.807, 2.05) is 6.07 Å². The number of ketones is 1. The molecule has 1 N–H and O–H groups in total. The molecule has 3 amide bonds. The predicted octanol–water partition coefficient (Wildman–Crippen LogP) is 3.04. The number of amides is 3. The standard InChI is InChI=1S/C26H21FN2O6/c1-34-18-6-5-14-11-29(24(32)22(14)23(18)27)12-26(10-21(31)28-25(26)33)20-8-15-7-13-3-2-4-17(30)16(13)9-19(15)35-20/h5-9H,2-4,10-12H2,1H3,(H,28,31,33)/t26-/m1/s1. The summed E-state index contributed by atoms with van der Waals surface area (Å²) in [6, 6.07) is 8.34. The number of furan rings is 1. The number of ether oxygens (including phenoxy) is 1. The number of hydrogen-bond donors (Lipinski definition) is 1. The summed E-state index contributed by atoms with van der Waals surface area (Å²) in [7, 11) is 1.32. The van der Waals surface area contributed by atoms with Gasteiger partial charge < -0.3 is 14.1 Å². The largest absolute Gasteiger partial charge is 0.494 e. The molecule has 1 aliphatic carbocycles. The highest BCUT2D eigenvalue weighted by Crippen LogP contribution is 2.40. The maximum Gasteiger partial charge on any atom is 0.257 e. The molecule has 35 heavy (non-hydrogen) atoms. The molecule has 1 aromatic heterocycles. The van der Waals surface area contributed by atoms with Crippen LogP contribution in [0.4, 0.5) is 4.39 Å². The fourth-order valence-corrected chi connectivity index (χ4v) is 5.47. The van der Waals surface area contributed by atoms with Gasteiger partial charge in [0, 0.05) is 30.5 Å². The Balaban J connectivity index is 1.42. The van der Waals surface area contributed by atoms with Crippen LogP contribution in [-0.2, 0) is 28.0 Å². The molecular formula is C26H21FN2O6. The maximum atomic E-state index is 14.8. The maximum absolute atomic E-state index is 14.8. The van der Waals surface area contributed by atoms with E-state index in [1.165, 1.54) is 18.1 Å². The van der Waals surface area contributed by atoms with Gasteiger partial charge in [-0.1, -0.05) is 6.07 Å². The van der Waals surface area contributed by atoms with Crippen molar-refractivity contribution in [3.8, 4) is 5.75 Å². The number of rotatable bonds is 4. The molecule has 6 rings (SSSR count). The Labute approximate surface area is 199 Å². The first-order valence-electron chi connectivity index (χ1n) is 11.4. The number of aryl methyl sites for hydroxylation is 1. The molecule has 0 saturated carbocycles. The van der Waals surface area contributed by atoms with Gasteiger partial charge in [-0.3, -0.25) is 24.5 Å². The molecular weight excluding hydrogens is 455 g/mol. The van der Waals surface area contributed by atoms with Crippen LogP contribution in [0.3, 0.4) is 0 Å². The number of Topliss-reactive ketones (excluding diaryl/α,β-unsaturated/α-hetero) is 1. The summed E-state index contributed by atoms with van der Waals surface area (Å²) >= 11 is 0. The molecule has 2 aromatic carbocycles. The molecule has 1 atom stereocenters. The third kappa shape index (κ3) is 3.10. The van der Waals surface area contributed by atoms with Crippen molar-refractivity contribution in [2.24, 2.45) is 0 Å². The molecule has 3 aliphatic rings. The monoisotopic (exact) mass is 476 g/mol. The number of nitrogens with one attached hydrogen (secondary N) is 1. The second-order valence-electron chi connectivity index (χ2n) is 9.35. The van der Waals surface area contributed by atoms with Crippen LogP contribution < -0.4 is 10.1 Å². The van der Waals surface area contributed by atoms with E-state index < -0.39 is 29.0 Å². The van der Waals surface area contributed by atoms with Crippen molar-refractivity contribution < 1.29 is 32.7 Å². The lowest BCUT2D eigenvalue weighted by Crippen LogP contribution is -2.46. The number of carbonyl (C=O) groups is 4.